The standard InChI is InChI=1S/C19H27NO6S/c1-12(2)15-6-5-13(3)17(9-15)25-10-18(21)26-14(4)19(22)20-16-7-8-27(23,24)11-16/h5-6,9,12,14,16H,7-8,10-11H2,1-4H3,(H,20,22)/t14-,16+/m0/s1. The maximum Gasteiger partial charge on any atom is 0.344 e. The van der Waals surface area contributed by atoms with E-state index in [1.54, 1.807) is 0 Å². The highest BCUT2D eigenvalue weighted by atomic mass is 32.2. The van der Waals surface area contributed by atoms with Crippen molar-refractivity contribution in [3.63, 3.8) is 0 Å². The first-order chi connectivity index (χ1) is 12.6. The maximum atomic E-state index is 12.1. The molecule has 0 aromatic heterocycles. The highest BCUT2D eigenvalue weighted by molar-refractivity contribution is 7.91. The summed E-state index contributed by atoms with van der Waals surface area (Å²) < 4.78 is 33.5. The van der Waals surface area contributed by atoms with Crippen LogP contribution in [0.2, 0.25) is 0 Å². The largest absolute Gasteiger partial charge is 0.482 e. The van der Waals surface area contributed by atoms with E-state index in [0.29, 0.717) is 18.1 Å². The average molecular weight is 397 g/mol. The van der Waals surface area contributed by atoms with Gasteiger partial charge in [0.25, 0.3) is 5.91 Å². The summed E-state index contributed by atoms with van der Waals surface area (Å²) in [5.41, 5.74) is 2.00. The van der Waals surface area contributed by atoms with E-state index in [2.05, 4.69) is 19.2 Å². The predicted octanol–water partition coefficient (Wildman–Crippen LogP) is 1.73. The molecule has 150 valence electrons. The fraction of sp³-hybridized carbons (Fsp3) is 0.579. The Kier molecular flexibility index (Phi) is 6.86. The van der Waals surface area contributed by atoms with E-state index in [1.165, 1.54) is 6.92 Å². The fourth-order valence-corrected chi connectivity index (χ4v) is 4.45. The Morgan fingerprint density at radius 1 is 1.26 bits per heavy atom. The summed E-state index contributed by atoms with van der Waals surface area (Å²) in [7, 11) is -3.09. The van der Waals surface area contributed by atoms with E-state index in [-0.39, 0.29) is 18.1 Å². The second-order valence-electron chi connectivity index (χ2n) is 7.21. The first-order valence-electron chi connectivity index (χ1n) is 9.01. The third-order valence-electron chi connectivity index (χ3n) is 4.48. The van der Waals surface area contributed by atoms with Crippen LogP contribution in [0.5, 0.6) is 5.75 Å². The fourth-order valence-electron chi connectivity index (χ4n) is 2.78. The zero-order chi connectivity index (χ0) is 20.2. The van der Waals surface area contributed by atoms with Crippen LogP contribution in [0.25, 0.3) is 0 Å². The Bertz CT molecular complexity index is 802. The minimum atomic E-state index is -3.09. The lowest BCUT2D eigenvalue weighted by molar-refractivity contribution is -0.156. The van der Waals surface area contributed by atoms with Gasteiger partial charge in [-0.15, -0.1) is 0 Å². The zero-order valence-electron chi connectivity index (χ0n) is 16.2. The molecule has 1 amide bonds. The molecule has 1 saturated heterocycles. The lowest BCUT2D eigenvalue weighted by Gasteiger charge is -2.17. The van der Waals surface area contributed by atoms with Crippen molar-refractivity contribution in [3.8, 4) is 5.75 Å². The van der Waals surface area contributed by atoms with Crippen LogP contribution in [0, 0.1) is 6.92 Å². The van der Waals surface area contributed by atoms with Gasteiger partial charge in [-0.2, -0.15) is 0 Å². The average Bonchev–Trinajstić information content (AvgIpc) is 2.92. The lowest BCUT2D eigenvalue weighted by Crippen LogP contribution is -2.43. The Balaban J connectivity index is 1.83. The number of esters is 1. The molecule has 7 nitrogen and oxygen atoms in total. The van der Waals surface area contributed by atoms with E-state index in [4.69, 9.17) is 9.47 Å². The normalized spacial score (nSPS) is 19.5. The molecule has 2 atom stereocenters. The second-order valence-corrected chi connectivity index (χ2v) is 9.44. The number of amides is 1. The van der Waals surface area contributed by atoms with Crippen molar-refractivity contribution in [2.45, 2.75) is 52.2 Å². The van der Waals surface area contributed by atoms with Crippen LogP contribution in [-0.2, 0) is 24.2 Å². The number of benzene rings is 1. The number of carbonyl (C=O) groups is 2. The molecule has 0 unspecified atom stereocenters. The minimum absolute atomic E-state index is 0.0642. The van der Waals surface area contributed by atoms with Gasteiger partial charge >= 0.3 is 5.97 Å². The van der Waals surface area contributed by atoms with Crippen molar-refractivity contribution in [3.05, 3.63) is 29.3 Å². The van der Waals surface area contributed by atoms with Crippen LogP contribution in [0.4, 0.5) is 0 Å². The quantitative estimate of drug-likeness (QED) is 0.704. The number of aryl methyl sites for hydroxylation is 1. The lowest BCUT2D eigenvalue weighted by atomic mass is 10.0. The van der Waals surface area contributed by atoms with Crippen LogP contribution in [0.3, 0.4) is 0 Å². The monoisotopic (exact) mass is 397 g/mol. The molecule has 0 spiro atoms. The summed E-state index contributed by atoms with van der Waals surface area (Å²) in [6.45, 7) is 7.16. The van der Waals surface area contributed by atoms with Gasteiger partial charge in [-0.25, -0.2) is 13.2 Å². The minimum Gasteiger partial charge on any atom is -0.482 e. The molecule has 0 saturated carbocycles. The Labute approximate surface area is 160 Å². The van der Waals surface area contributed by atoms with Crippen LogP contribution in [0.15, 0.2) is 18.2 Å². The van der Waals surface area contributed by atoms with Gasteiger partial charge in [-0.05, 0) is 43.4 Å². The smallest absolute Gasteiger partial charge is 0.344 e. The van der Waals surface area contributed by atoms with Crippen molar-refractivity contribution in [1.29, 1.82) is 0 Å². The molecule has 1 aromatic carbocycles. The van der Waals surface area contributed by atoms with Crippen molar-refractivity contribution >= 4 is 21.7 Å². The van der Waals surface area contributed by atoms with Crippen molar-refractivity contribution in [2.24, 2.45) is 0 Å². The predicted molar refractivity (Wildman–Crippen MR) is 102 cm³/mol. The van der Waals surface area contributed by atoms with E-state index >= 15 is 0 Å². The van der Waals surface area contributed by atoms with Crippen LogP contribution < -0.4 is 10.1 Å². The number of carbonyl (C=O) groups excluding carboxylic acids is 2. The van der Waals surface area contributed by atoms with Crippen LogP contribution in [-0.4, -0.2) is 50.6 Å². The summed E-state index contributed by atoms with van der Waals surface area (Å²) in [4.78, 5) is 24.0. The van der Waals surface area contributed by atoms with Gasteiger partial charge in [-0.1, -0.05) is 26.0 Å². The van der Waals surface area contributed by atoms with Crippen molar-refractivity contribution in [2.75, 3.05) is 18.1 Å². The highest BCUT2D eigenvalue weighted by Crippen LogP contribution is 2.24. The molecule has 1 heterocycles. The zero-order valence-corrected chi connectivity index (χ0v) is 17.0. The van der Waals surface area contributed by atoms with E-state index in [0.717, 1.165) is 11.1 Å². The summed E-state index contributed by atoms with van der Waals surface area (Å²) in [6, 6.07) is 5.41. The molecule has 27 heavy (non-hydrogen) atoms. The summed E-state index contributed by atoms with van der Waals surface area (Å²) >= 11 is 0. The third kappa shape index (κ3) is 6.23. The molecule has 1 aliphatic heterocycles. The number of rotatable bonds is 7. The van der Waals surface area contributed by atoms with Crippen LogP contribution in [0.1, 0.15) is 44.2 Å². The second kappa shape index (κ2) is 8.73. The van der Waals surface area contributed by atoms with Crippen molar-refractivity contribution < 1.29 is 27.5 Å². The molecule has 1 N–H and O–H groups in total. The molecule has 2 rings (SSSR count). The first-order valence-corrected chi connectivity index (χ1v) is 10.8. The molecular weight excluding hydrogens is 370 g/mol. The Morgan fingerprint density at radius 2 is 1.96 bits per heavy atom. The van der Waals surface area contributed by atoms with E-state index in [9.17, 15) is 18.0 Å². The van der Waals surface area contributed by atoms with Gasteiger partial charge in [0.15, 0.2) is 22.5 Å². The summed E-state index contributed by atoms with van der Waals surface area (Å²) in [5, 5.41) is 2.61. The van der Waals surface area contributed by atoms with Crippen LogP contribution >= 0.6 is 0 Å². The summed E-state index contributed by atoms with van der Waals surface area (Å²) in [5.74, 6) is -0.244. The molecule has 1 aliphatic rings. The van der Waals surface area contributed by atoms with Crippen molar-refractivity contribution in [1.82, 2.24) is 5.32 Å². The number of ether oxygens (including phenoxy) is 2. The van der Waals surface area contributed by atoms with Gasteiger partial charge in [0.05, 0.1) is 11.5 Å². The van der Waals surface area contributed by atoms with Gasteiger partial charge in [0, 0.05) is 6.04 Å². The van der Waals surface area contributed by atoms with Gasteiger partial charge < -0.3 is 14.8 Å². The number of hydrogen-bond donors (Lipinski definition) is 1. The van der Waals surface area contributed by atoms with Gasteiger partial charge in [0.1, 0.15) is 5.75 Å². The summed E-state index contributed by atoms with van der Waals surface area (Å²) in [6.07, 6.45) is -0.643. The Hall–Kier alpha value is -2.09. The molecular formula is C19H27NO6S. The molecule has 1 aromatic rings. The highest BCUT2D eigenvalue weighted by Gasteiger charge is 2.30. The molecule has 0 radical (unpaired) electrons. The molecule has 0 bridgehead atoms. The first kappa shape index (κ1) is 21.2. The van der Waals surface area contributed by atoms with Gasteiger partial charge in [-0.3, -0.25) is 4.79 Å². The van der Waals surface area contributed by atoms with E-state index in [1.807, 2.05) is 25.1 Å². The maximum absolute atomic E-state index is 12.1. The van der Waals surface area contributed by atoms with E-state index < -0.39 is 33.9 Å². The number of nitrogens with one attached hydrogen (secondary N) is 1. The van der Waals surface area contributed by atoms with Gasteiger partial charge in [0.2, 0.25) is 0 Å². The number of sulfone groups is 1. The Morgan fingerprint density at radius 3 is 2.56 bits per heavy atom. The SMILES string of the molecule is Cc1ccc(C(C)C)cc1OCC(=O)O[C@@H](C)C(=O)N[C@@H]1CCS(=O)(=O)C1. The molecule has 1 fully saturated rings. The third-order valence-corrected chi connectivity index (χ3v) is 6.25. The molecule has 8 heteroatoms. The number of hydrogen-bond acceptors (Lipinski definition) is 6. The molecule has 0 aliphatic carbocycles. The topological polar surface area (TPSA) is 98.8 Å².